The molecule has 1 radical (unpaired) electrons. The van der Waals surface area contributed by atoms with Gasteiger partial charge in [-0.25, -0.2) is 4.98 Å². The van der Waals surface area contributed by atoms with Gasteiger partial charge in [0, 0.05) is 12.7 Å². The Morgan fingerprint density at radius 3 is 2.79 bits per heavy atom. The van der Waals surface area contributed by atoms with E-state index in [1.807, 2.05) is 24.3 Å². The lowest BCUT2D eigenvalue weighted by Gasteiger charge is -2.04. The summed E-state index contributed by atoms with van der Waals surface area (Å²) in [4.78, 5) is 4.15. The van der Waals surface area contributed by atoms with Crippen LogP contribution in [0.3, 0.4) is 0 Å². The predicted molar refractivity (Wildman–Crippen MR) is 56.8 cm³/mol. The molecule has 1 N–H and O–H groups in total. The summed E-state index contributed by atoms with van der Waals surface area (Å²) < 4.78 is 0. The number of hydrogen-bond donors (Lipinski definition) is 1. The minimum atomic E-state index is 0.797. The number of nitrogens with zero attached hydrogens (tertiary/aromatic N) is 1. The van der Waals surface area contributed by atoms with Crippen molar-refractivity contribution in [3.05, 3.63) is 60.3 Å². The molecule has 2 aromatic rings. The SMILES string of the molecule is [c]1ccnc(NCc2ccccc2)c1. The molecular weight excluding hydrogens is 172 g/mol. The number of nitrogens with one attached hydrogen (secondary N) is 1. The third kappa shape index (κ3) is 2.33. The van der Waals surface area contributed by atoms with Gasteiger partial charge >= 0.3 is 0 Å². The molecule has 0 aliphatic rings. The van der Waals surface area contributed by atoms with Gasteiger partial charge in [-0.15, -0.1) is 0 Å². The van der Waals surface area contributed by atoms with Crippen molar-refractivity contribution in [2.45, 2.75) is 6.54 Å². The van der Waals surface area contributed by atoms with E-state index in [1.165, 1.54) is 5.56 Å². The lowest BCUT2D eigenvalue weighted by atomic mass is 10.2. The molecule has 1 aromatic heterocycles. The molecule has 69 valence electrons. The molecule has 14 heavy (non-hydrogen) atoms. The van der Waals surface area contributed by atoms with E-state index < -0.39 is 0 Å². The Bertz CT molecular complexity index is 331. The molecular formula is C12H11N2. The van der Waals surface area contributed by atoms with Gasteiger partial charge < -0.3 is 5.32 Å². The summed E-state index contributed by atoms with van der Waals surface area (Å²) in [7, 11) is 0. The van der Waals surface area contributed by atoms with Crippen molar-refractivity contribution in [3.8, 4) is 0 Å². The fourth-order valence-electron chi connectivity index (χ4n) is 1.21. The van der Waals surface area contributed by atoms with Crippen molar-refractivity contribution in [2.75, 3.05) is 5.32 Å². The van der Waals surface area contributed by atoms with E-state index in [9.17, 15) is 0 Å². The first-order valence-electron chi connectivity index (χ1n) is 4.55. The minimum absolute atomic E-state index is 0.797. The lowest BCUT2D eigenvalue weighted by Crippen LogP contribution is -2.00. The number of anilines is 1. The lowest BCUT2D eigenvalue weighted by molar-refractivity contribution is 1.11. The van der Waals surface area contributed by atoms with Crippen molar-refractivity contribution in [1.82, 2.24) is 4.98 Å². The van der Waals surface area contributed by atoms with Crippen LogP contribution in [0.15, 0.2) is 48.7 Å². The topological polar surface area (TPSA) is 24.9 Å². The number of pyridine rings is 1. The van der Waals surface area contributed by atoms with Crippen LogP contribution in [0.4, 0.5) is 5.82 Å². The van der Waals surface area contributed by atoms with Crippen LogP contribution < -0.4 is 5.32 Å². The maximum atomic E-state index is 4.15. The average Bonchev–Trinajstić information content (AvgIpc) is 2.29. The monoisotopic (exact) mass is 183 g/mol. The fourth-order valence-corrected chi connectivity index (χ4v) is 1.21. The Hall–Kier alpha value is -1.83. The third-order valence-electron chi connectivity index (χ3n) is 1.92. The van der Waals surface area contributed by atoms with Crippen LogP contribution in [-0.4, -0.2) is 4.98 Å². The summed E-state index contributed by atoms with van der Waals surface area (Å²) in [6.07, 6.45) is 1.73. The normalized spacial score (nSPS) is 9.71. The first-order chi connectivity index (χ1) is 6.95. The Balaban J connectivity index is 1.96. The Morgan fingerprint density at radius 2 is 2.07 bits per heavy atom. The van der Waals surface area contributed by atoms with Crippen LogP contribution in [-0.2, 0) is 6.54 Å². The van der Waals surface area contributed by atoms with Gasteiger partial charge in [-0.1, -0.05) is 30.3 Å². The molecule has 0 saturated heterocycles. The van der Waals surface area contributed by atoms with E-state index in [0.29, 0.717) is 0 Å². The van der Waals surface area contributed by atoms with E-state index in [0.717, 1.165) is 12.4 Å². The van der Waals surface area contributed by atoms with Gasteiger partial charge in [-0.3, -0.25) is 0 Å². The summed E-state index contributed by atoms with van der Waals surface area (Å²) in [5.41, 5.74) is 1.25. The minimum Gasteiger partial charge on any atom is -0.366 e. The highest BCUT2D eigenvalue weighted by Crippen LogP contribution is 2.04. The fraction of sp³-hybridized carbons (Fsp3) is 0.0833. The summed E-state index contributed by atoms with van der Waals surface area (Å²) in [5, 5.41) is 3.22. The highest BCUT2D eigenvalue weighted by Gasteiger charge is 1.92. The van der Waals surface area contributed by atoms with Crippen molar-refractivity contribution < 1.29 is 0 Å². The van der Waals surface area contributed by atoms with Crippen LogP contribution in [0.5, 0.6) is 0 Å². The first kappa shape index (κ1) is 8.75. The van der Waals surface area contributed by atoms with Crippen molar-refractivity contribution in [2.24, 2.45) is 0 Å². The van der Waals surface area contributed by atoms with E-state index in [2.05, 4.69) is 28.5 Å². The number of benzene rings is 1. The summed E-state index contributed by atoms with van der Waals surface area (Å²) in [5.74, 6) is 0.858. The summed E-state index contributed by atoms with van der Waals surface area (Å²) in [6, 6.07) is 16.8. The first-order valence-corrected chi connectivity index (χ1v) is 4.55. The molecule has 0 aliphatic heterocycles. The molecule has 1 aromatic carbocycles. The second-order valence-electron chi connectivity index (χ2n) is 2.98. The van der Waals surface area contributed by atoms with Gasteiger partial charge in [0.25, 0.3) is 0 Å². The zero-order valence-corrected chi connectivity index (χ0v) is 7.77. The summed E-state index contributed by atoms with van der Waals surface area (Å²) >= 11 is 0. The van der Waals surface area contributed by atoms with Gasteiger partial charge in [-0.05, 0) is 23.8 Å². The molecule has 0 atom stereocenters. The largest absolute Gasteiger partial charge is 0.366 e. The van der Waals surface area contributed by atoms with E-state index in [-0.39, 0.29) is 0 Å². The molecule has 0 fully saturated rings. The van der Waals surface area contributed by atoms with Gasteiger partial charge in [0.15, 0.2) is 0 Å². The molecule has 0 unspecified atom stereocenters. The van der Waals surface area contributed by atoms with Gasteiger partial charge in [0.2, 0.25) is 0 Å². The quantitative estimate of drug-likeness (QED) is 0.790. The van der Waals surface area contributed by atoms with Crippen molar-refractivity contribution >= 4 is 5.82 Å². The Kier molecular flexibility index (Phi) is 2.76. The molecule has 2 heteroatoms. The van der Waals surface area contributed by atoms with Crippen LogP contribution in [0.2, 0.25) is 0 Å². The van der Waals surface area contributed by atoms with Crippen molar-refractivity contribution in [1.29, 1.82) is 0 Å². The third-order valence-corrected chi connectivity index (χ3v) is 1.92. The average molecular weight is 183 g/mol. The number of hydrogen-bond acceptors (Lipinski definition) is 2. The predicted octanol–water partition coefficient (Wildman–Crippen LogP) is 2.49. The molecule has 1 heterocycles. The zero-order valence-electron chi connectivity index (χ0n) is 7.77. The molecule has 2 rings (SSSR count). The number of aromatic nitrogens is 1. The second-order valence-corrected chi connectivity index (χ2v) is 2.98. The highest BCUT2D eigenvalue weighted by molar-refractivity contribution is 5.34. The summed E-state index contributed by atoms with van der Waals surface area (Å²) in [6.45, 7) is 0.797. The molecule has 0 aliphatic carbocycles. The standard InChI is InChI=1S/C12H11N2/c1-2-6-11(7-3-1)10-14-12-8-4-5-9-13-12/h1-3,5-9H,10H2,(H,13,14). The molecule has 0 spiro atoms. The van der Waals surface area contributed by atoms with Crippen LogP contribution in [0.25, 0.3) is 0 Å². The molecule has 0 saturated carbocycles. The molecule has 2 nitrogen and oxygen atoms in total. The van der Waals surface area contributed by atoms with Crippen LogP contribution >= 0.6 is 0 Å². The van der Waals surface area contributed by atoms with Crippen LogP contribution in [0, 0.1) is 6.07 Å². The Labute approximate surface area is 83.6 Å². The Morgan fingerprint density at radius 1 is 1.21 bits per heavy atom. The molecule has 0 bridgehead atoms. The van der Waals surface area contributed by atoms with E-state index in [4.69, 9.17) is 0 Å². The molecule has 0 amide bonds. The van der Waals surface area contributed by atoms with Crippen LogP contribution in [0.1, 0.15) is 5.56 Å². The van der Waals surface area contributed by atoms with Gasteiger partial charge in [0.1, 0.15) is 5.82 Å². The smallest absolute Gasteiger partial charge is 0.126 e. The van der Waals surface area contributed by atoms with E-state index in [1.54, 1.807) is 12.3 Å². The van der Waals surface area contributed by atoms with E-state index >= 15 is 0 Å². The van der Waals surface area contributed by atoms with Crippen molar-refractivity contribution in [3.63, 3.8) is 0 Å². The second kappa shape index (κ2) is 4.42. The maximum absolute atomic E-state index is 4.15. The number of rotatable bonds is 3. The maximum Gasteiger partial charge on any atom is 0.126 e. The van der Waals surface area contributed by atoms with Gasteiger partial charge in [-0.2, -0.15) is 0 Å². The highest BCUT2D eigenvalue weighted by atomic mass is 15.0. The zero-order chi connectivity index (χ0) is 9.64. The van der Waals surface area contributed by atoms with Gasteiger partial charge in [0.05, 0.1) is 0 Å².